The molecule has 0 spiro atoms. The summed E-state index contributed by atoms with van der Waals surface area (Å²) < 4.78 is 2.04. The SMILES string of the molecule is Cc1nc2cc(C(O)C3(N)CC3)ccc2n1C. The van der Waals surface area contributed by atoms with E-state index in [1.807, 2.05) is 36.7 Å². The molecule has 1 saturated carbocycles. The van der Waals surface area contributed by atoms with Gasteiger partial charge in [-0.25, -0.2) is 4.98 Å². The van der Waals surface area contributed by atoms with Crippen LogP contribution in [0.15, 0.2) is 18.2 Å². The minimum atomic E-state index is -0.575. The number of aliphatic hydroxyl groups excluding tert-OH is 1. The van der Waals surface area contributed by atoms with Crippen LogP contribution < -0.4 is 5.73 Å². The predicted octanol–water partition coefficient (Wildman–Crippen LogP) is 1.41. The van der Waals surface area contributed by atoms with E-state index in [0.717, 1.165) is 35.3 Å². The summed E-state index contributed by atoms with van der Waals surface area (Å²) >= 11 is 0. The molecular formula is C13H17N3O. The highest BCUT2D eigenvalue weighted by molar-refractivity contribution is 5.77. The van der Waals surface area contributed by atoms with E-state index in [1.165, 1.54) is 0 Å². The Morgan fingerprint density at radius 3 is 2.82 bits per heavy atom. The minimum Gasteiger partial charge on any atom is -0.386 e. The van der Waals surface area contributed by atoms with Gasteiger partial charge in [-0.1, -0.05) is 6.07 Å². The maximum Gasteiger partial charge on any atom is 0.106 e. The number of nitrogens with two attached hydrogens (primary N) is 1. The van der Waals surface area contributed by atoms with Gasteiger partial charge in [-0.15, -0.1) is 0 Å². The lowest BCUT2D eigenvalue weighted by atomic mass is 10.0. The standard InChI is InChI=1S/C13H17N3O/c1-8-15-10-7-9(3-4-11(10)16(8)2)12(17)13(14)5-6-13/h3-4,7,12,17H,5-6,14H2,1-2H3. The van der Waals surface area contributed by atoms with E-state index >= 15 is 0 Å². The van der Waals surface area contributed by atoms with E-state index in [1.54, 1.807) is 0 Å². The third-order valence-corrected chi connectivity index (χ3v) is 3.82. The van der Waals surface area contributed by atoms with Crippen LogP contribution >= 0.6 is 0 Å². The fraction of sp³-hybridized carbons (Fsp3) is 0.462. The molecule has 3 rings (SSSR count). The largest absolute Gasteiger partial charge is 0.386 e. The Hall–Kier alpha value is -1.39. The molecule has 4 heteroatoms. The molecule has 2 aromatic rings. The van der Waals surface area contributed by atoms with E-state index in [-0.39, 0.29) is 0 Å². The average Bonchev–Trinajstić information content (AvgIpc) is 3.00. The van der Waals surface area contributed by atoms with Crippen LogP contribution in [0.2, 0.25) is 0 Å². The van der Waals surface area contributed by atoms with Gasteiger partial charge in [0.05, 0.1) is 17.1 Å². The van der Waals surface area contributed by atoms with E-state index in [4.69, 9.17) is 5.73 Å². The molecule has 1 aliphatic rings. The molecule has 4 nitrogen and oxygen atoms in total. The Balaban J connectivity index is 2.07. The van der Waals surface area contributed by atoms with Crippen LogP contribution in [0.4, 0.5) is 0 Å². The average molecular weight is 231 g/mol. The van der Waals surface area contributed by atoms with Crippen LogP contribution in [-0.2, 0) is 7.05 Å². The number of aryl methyl sites for hydroxylation is 2. The number of benzene rings is 1. The lowest BCUT2D eigenvalue weighted by molar-refractivity contribution is 0.136. The molecule has 1 atom stereocenters. The number of nitrogens with zero attached hydrogens (tertiary/aromatic N) is 2. The van der Waals surface area contributed by atoms with Crippen molar-refractivity contribution in [2.24, 2.45) is 12.8 Å². The molecule has 1 unspecified atom stereocenters. The summed E-state index contributed by atoms with van der Waals surface area (Å²) in [7, 11) is 1.99. The number of aromatic nitrogens is 2. The number of hydrogen-bond acceptors (Lipinski definition) is 3. The van der Waals surface area contributed by atoms with Crippen molar-refractivity contribution < 1.29 is 5.11 Å². The van der Waals surface area contributed by atoms with Gasteiger partial charge < -0.3 is 15.4 Å². The summed E-state index contributed by atoms with van der Waals surface area (Å²) in [6.07, 6.45) is 1.22. The molecule has 1 heterocycles. The molecule has 90 valence electrons. The smallest absolute Gasteiger partial charge is 0.106 e. The van der Waals surface area contributed by atoms with Gasteiger partial charge in [-0.3, -0.25) is 0 Å². The molecule has 1 aromatic carbocycles. The van der Waals surface area contributed by atoms with Crippen molar-refractivity contribution in [1.29, 1.82) is 0 Å². The molecule has 1 fully saturated rings. The lowest BCUT2D eigenvalue weighted by Crippen LogP contribution is -2.30. The van der Waals surface area contributed by atoms with Crippen molar-refractivity contribution in [3.05, 3.63) is 29.6 Å². The molecular weight excluding hydrogens is 214 g/mol. The summed E-state index contributed by atoms with van der Waals surface area (Å²) in [6, 6.07) is 5.89. The first-order chi connectivity index (χ1) is 8.01. The molecule has 0 aliphatic heterocycles. The van der Waals surface area contributed by atoms with Gasteiger partial charge in [0.25, 0.3) is 0 Å². The molecule has 0 radical (unpaired) electrons. The Morgan fingerprint density at radius 1 is 1.47 bits per heavy atom. The molecule has 1 aromatic heterocycles. The lowest BCUT2D eigenvalue weighted by Gasteiger charge is -2.17. The van der Waals surface area contributed by atoms with E-state index in [0.29, 0.717) is 0 Å². The van der Waals surface area contributed by atoms with Gasteiger partial charge in [-0.05, 0) is 37.5 Å². The zero-order valence-corrected chi connectivity index (χ0v) is 10.1. The van der Waals surface area contributed by atoms with Gasteiger partial charge in [0.15, 0.2) is 0 Å². The highest BCUT2D eigenvalue weighted by Gasteiger charge is 2.45. The Kier molecular flexibility index (Phi) is 2.09. The van der Waals surface area contributed by atoms with Gasteiger partial charge in [0, 0.05) is 12.6 Å². The zero-order valence-electron chi connectivity index (χ0n) is 10.1. The minimum absolute atomic E-state index is 0.405. The van der Waals surface area contributed by atoms with Crippen molar-refractivity contribution in [3.63, 3.8) is 0 Å². The topological polar surface area (TPSA) is 64.1 Å². The molecule has 1 aliphatic carbocycles. The van der Waals surface area contributed by atoms with Crippen LogP contribution in [0.1, 0.15) is 30.3 Å². The van der Waals surface area contributed by atoms with Crippen LogP contribution in [0, 0.1) is 6.92 Å². The van der Waals surface area contributed by atoms with Gasteiger partial charge >= 0.3 is 0 Å². The monoisotopic (exact) mass is 231 g/mol. The Labute approximate surface area is 100 Å². The first-order valence-corrected chi connectivity index (χ1v) is 5.91. The molecule has 0 saturated heterocycles. The van der Waals surface area contributed by atoms with Crippen molar-refractivity contribution >= 4 is 11.0 Å². The summed E-state index contributed by atoms with van der Waals surface area (Å²) in [5.41, 5.74) is 8.50. The van der Waals surface area contributed by atoms with Gasteiger partial charge in [0.2, 0.25) is 0 Å². The number of rotatable bonds is 2. The second-order valence-corrected chi connectivity index (χ2v) is 5.10. The summed E-state index contributed by atoms with van der Waals surface area (Å²) in [4.78, 5) is 4.47. The van der Waals surface area contributed by atoms with E-state index < -0.39 is 11.6 Å². The van der Waals surface area contributed by atoms with E-state index in [9.17, 15) is 5.11 Å². The number of hydrogen-bond donors (Lipinski definition) is 2. The van der Waals surface area contributed by atoms with Gasteiger partial charge in [-0.2, -0.15) is 0 Å². The maximum atomic E-state index is 10.2. The van der Waals surface area contributed by atoms with Crippen LogP contribution in [0.25, 0.3) is 11.0 Å². The fourth-order valence-corrected chi connectivity index (χ4v) is 2.26. The summed E-state index contributed by atoms with van der Waals surface area (Å²) in [5.74, 6) is 0.973. The van der Waals surface area contributed by atoms with Crippen LogP contribution in [0.3, 0.4) is 0 Å². The van der Waals surface area contributed by atoms with Crippen molar-refractivity contribution in [3.8, 4) is 0 Å². The summed E-state index contributed by atoms with van der Waals surface area (Å²) in [5, 5.41) is 10.2. The van der Waals surface area contributed by atoms with Crippen molar-refractivity contribution in [1.82, 2.24) is 9.55 Å². The third kappa shape index (κ3) is 1.56. The second-order valence-electron chi connectivity index (χ2n) is 5.10. The Morgan fingerprint density at radius 2 is 2.18 bits per heavy atom. The number of imidazole rings is 1. The van der Waals surface area contributed by atoms with E-state index in [2.05, 4.69) is 4.98 Å². The highest BCUT2D eigenvalue weighted by atomic mass is 16.3. The number of fused-ring (bicyclic) bond motifs is 1. The Bertz CT molecular complexity index is 584. The second kappa shape index (κ2) is 3.31. The fourth-order valence-electron chi connectivity index (χ4n) is 2.26. The maximum absolute atomic E-state index is 10.2. The van der Waals surface area contributed by atoms with Crippen LogP contribution in [0.5, 0.6) is 0 Å². The quantitative estimate of drug-likeness (QED) is 0.821. The third-order valence-electron chi connectivity index (χ3n) is 3.82. The molecule has 3 N–H and O–H groups in total. The highest BCUT2D eigenvalue weighted by Crippen LogP contribution is 2.43. The predicted molar refractivity (Wildman–Crippen MR) is 66.6 cm³/mol. The molecule has 17 heavy (non-hydrogen) atoms. The normalized spacial score (nSPS) is 19.5. The zero-order chi connectivity index (χ0) is 12.2. The molecule has 0 bridgehead atoms. The number of aliphatic hydroxyl groups is 1. The van der Waals surface area contributed by atoms with Crippen molar-refractivity contribution in [2.75, 3.05) is 0 Å². The first kappa shape index (κ1) is 10.7. The van der Waals surface area contributed by atoms with Crippen molar-refractivity contribution in [2.45, 2.75) is 31.4 Å². The molecule has 0 amide bonds. The van der Waals surface area contributed by atoms with Gasteiger partial charge in [0.1, 0.15) is 5.82 Å². The summed E-state index contributed by atoms with van der Waals surface area (Å²) in [6.45, 7) is 1.97. The first-order valence-electron chi connectivity index (χ1n) is 5.91. The van der Waals surface area contributed by atoms with Crippen LogP contribution in [-0.4, -0.2) is 20.2 Å².